The average Bonchev–Trinajstić information content (AvgIpc) is 2.40. The van der Waals surface area contributed by atoms with Gasteiger partial charge in [-0.3, -0.25) is 0 Å². The van der Waals surface area contributed by atoms with Gasteiger partial charge in [0.1, 0.15) is 0 Å². The molecule has 2 aliphatic rings. The number of piperidine rings is 2. The maximum atomic E-state index is 12.4. The van der Waals surface area contributed by atoms with E-state index >= 15 is 0 Å². The molecule has 0 bridgehead atoms. The third-order valence-corrected chi connectivity index (χ3v) is 3.96. The summed E-state index contributed by atoms with van der Waals surface area (Å²) in [6, 6.07) is 0.478. The van der Waals surface area contributed by atoms with Crippen molar-refractivity contribution in [3.63, 3.8) is 0 Å². The molecule has 1 unspecified atom stereocenters. The molecule has 2 amide bonds. The first-order valence-electron chi connectivity index (χ1n) is 6.99. The van der Waals surface area contributed by atoms with Crippen LogP contribution in [0.2, 0.25) is 0 Å². The van der Waals surface area contributed by atoms with Crippen LogP contribution in [0.4, 0.5) is 4.79 Å². The number of aliphatic hydroxyl groups excluding tert-OH is 1. The van der Waals surface area contributed by atoms with Gasteiger partial charge in [0.25, 0.3) is 0 Å². The van der Waals surface area contributed by atoms with E-state index in [2.05, 4.69) is 0 Å². The summed E-state index contributed by atoms with van der Waals surface area (Å²) in [4.78, 5) is 16.4. The number of hydrogen-bond donors (Lipinski definition) is 1. The Balaban J connectivity index is 1.94. The Morgan fingerprint density at radius 3 is 2.47 bits per heavy atom. The van der Waals surface area contributed by atoms with Crippen LogP contribution < -0.4 is 0 Å². The lowest BCUT2D eigenvalue weighted by molar-refractivity contribution is 0.0973. The number of likely N-dealkylation sites (tertiary alicyclic amines) is 2. The minimum atomic E-state index is 0.189. The molecule has 4 heteroatoms. The predicted octanol–water partition coefficient (Wildman–Crippen LogP) is 1.83. The third-order valence-electron chi connectivity index (χ3n) is 3.96. The molecule has 17 heavy (non-hydrogen) atoms. The van der Waals surface area contributed by atoms with E-state index in [-0.39, 0.29) is 18.7 Å². The second-order valence-corrected chi connectivity index (χ2v) is 5.19. The van der Waals surface area contributed by atoms with Crippen LogP contribution >= 0.6 is 0 Å². The highest BCUT2D eigenvalue weighted by molar-refractivity contribution is 5.75. The van der Waals surface area contributed by atoms with Crippen molar-refractivity contribution < 1.29 is 9.90 Å². The van der Waals surface area contributed by atoms with Gasteiger partial charge in [-0.25, -0.2) is 4.79 Å². The summed E-state index contributed by atoms with van der Waals surface area (Å²) >= 11 is 0. The molecular formula is C13H24N2O2. The van der Waals surface area contributed by atoms with Crippen molar-refractivity contribution in [1.29, 1.82) is 0 Å². The zero-order valence-electron chi connectivity index (χ0n) is 10.6. The molecule has 2 rings (SSSR count). The Bertz CT molecular complexity index is 250. The van der Waals surface area contributed by atoms with Gasteiger partial charge in [0.05, 0.1) is 0 Å². The Morgan fingerprint density at radius 2 is 1.76 bits per heavy atom. The van der Waals surface area contributed by atoms with Crippen molar-refractivity contribution in [3.05, 3.63) is 0 Å². The molecule has 0 aromatic carbocycles. The van der Waals surface area contributed by atoms with Crippen molar-refractivity contribution in [2.24, 2.45) is 0 Å². The van der Waals surface area contributed by atoms with Crippen LogP contribution in [0, 0.1) is 0 Å². The van der Waals surface area contributed by atoms with E-state index in [1.165, 1.54) is 12.8 Å². The smallest absolute Gasteiger partial charge is 0.320 e. The standard InChI is InChI=1S/C13H24N2O2/c16-11-7-12-6-2-5-10-15(12)13(17)14-8-3-1-4-9-14/h12,16H,1-11H2. The average molecular weight is 240 g/mol. The van der Waals surface area contributed by atoms with Gasteiger partial charge in [-0.15, -0.1) is 0 Å². The van der Waals surface area contributed by atoms with Gasteiger partial charge < -0.3 is 14.9 Å². The van der Waals surface area contributed by atoms with Crippen molar-refractivity contribution in [1.82, 2.24) is 9.80 Å². The maximum absolute atomic E-state index is 12.4. The SMILES string of the molecule is O=C(N1CCCCC1)N1CCCCC1CCO. The van der Waals surface area contributed by atoms with E-state index in [1.807, 2.05) is 9.80 Å². The molecule has 2 saturated heterocycles. The number of carbonyl (C=O) groups is 1. The second kappa shape index (κ2) is 6.24. The van der Waals surface area contributed by atoms with E-state index in [1.54, 1.807) is 0 Å². The van der Waals surface area contributed by atoms with Crippen LogP contribution in [0.3, 0.4) is 0 Å². The summed E-state index contributed by atoms with van der Waals surface area (Å²) in [6.45, 7) is 2.90. The Kier molecular flexibility index (Phi) is 4.66. The summed E-state index contributed by atoms with van der Waals surface area (Å²) in [6.07, 6.45) is 7.63. The van der Waals surface area contributed by atoms with Gasteiger partial charge in [0.2, 0.25) is 0 Å². The van der Waals surface area contributed by atoms with Gasteiger partial charge in [-0.1, -0.05) is 0 Å². The van der Waals surface area contributed by atoms with Gasteiger partial charge in [-0.05, 0) is 44.9 Å². The Morgan fingerprint density at radius 1 is 1.06 bits per heavy atom. The molecule has 2 aliphatic heterocycles. The van der Waals surface area contributed by atoms with E-state index in [4.69, 9.17) is 5.11 Å². The normalized spacial score (nSPS) is 26.1. The fraction of sp³-hybridized carbons (Fsp3) is 0.923. The van der Waals surface area contributed by atoms with Crippen LogP contribution in [0.1, 0.15) is 44.9 Å². The number of amides is 2. The summed E-state index contributed by atoms with van der Waals surface area (Å²) in [5.74, 6) is 0. The fourth-order valence-corrected chi connectivity index (χ4v) is 2.97. The molecule has 4 nitrogen and oxygen atoms in total. The molecule has 0 aliphatic carbocycles. The summed E-state index contributed by atoms with van der Waals surface area (Å²) in [5, 5.41) is 9.08. The quantitative estimate of drug-likeness (QED) is 0.800. The zero-order chi connectivity index (χ0) is 12.1. The lowest BCUT2D eigenvalue weighted by Crippen LogP contribution is -2.51. The molecule has 0 aromatic heterocycles. The van der Waals surface area contributed by atoms with Gasteiger partial charge in [0, 0.05) is 32.3 Å². The topological polar surface area (TPSA) is 43.8 Å². The lowest BCUT2D eigenvalue weighted by atomic mass is 10.00. The predicted molar refractivity (Wildman–Crippen MR) is 66.9 cm³/mol. The van der Waals surface area contributed by atoms with Crippen LogP contribution in [0.5, 0.6) is 0 Å². The Hall–Kier alpha value is -0.770. The fourth-order valence-electron chi connectivity index (χ4n) is 2.97. The number of nitrogens with zero attached hydrogens (tertiary/aromatic N) is 2. The van der Waals surface area contributed by atoms with Crippen LogP contribution in [-0.2, 0) is 0 Å². The zero-order valence-corrected chi connectivity index (χ0v) is 10.6. The molecule has 2 heterocycles. The minimum Gasteiger partial charge on any atom is -0.396 e. The molecule has 1 N–H and O–H groups in total. The highest BCUT2D eigenvalue weighted by atomic mass is 16.3. The Labute approximate surface area is 104 Å². The van der Waals surface area contributed by atoms with Gasteiger partial charge in [0.15, 0.2) is 0 Å². The van der Waals surface area contributed by atoms with Crippen LogP contribution in [-0.4, -0.2) is 53.2 Å². The van der Waals surface area contributed by atoms with E-state index in [0.29, 0.717) is 0 Å². The highest BCUT2D eigenvalue weighted by Crippen LogP contribution is 2.22. The first kappa shape index (κ1) is 12.7. The van der Waals surface area contributed by atoms with E-state index in [9.17, 15) is 4.79 Å². The van der Waals surface area contributed by atoms with Crippen molar-refractivity contribution in [3.8, 4) is 0 Å². The molecule has 0 radical (unpaired) electrons. The molecule has 98 valence electrons. The van der Waals surface area contributed by atoms with Crippen LogP contribution in [0.25, 0.3) is 0 Å². The molecule has 1 atom stereocenters. The number of carbonyl (C=O) groups excluding carboxylic acids is 1. The molecule has 2 fully saturated rings. The summed E-state index contributed by atoms with van der Waals surface area (Å²) in [5.41, 5.74) is 0. The first-order chi connectivity index (χ1) is 8.33. The number of hydrogen-bond acceptors (Lipinski definition) is 2. The van der Waals surface area contributed by atoms with E-state index < -0.39 is 0 Å². The molecule has 0 spiro atoms. The number of rotatable bonds is 2. The maximum Gasteiger partial charge on any atom is 0.320 e. The highest BCUT2D eigenvalue weighted by Gasteiger charge is 2.29. The second-order valence-electron chi connectivity index (χ2n) is 5.19. The number of urea groups is 1. The van der Waals surface area contributed by atoms with E-state index in [0.717, 1.165) is 51.7 Å². The largest absolute Gasteiger partial charge is 0.396 e. The number of aliphatic hydroxyl groups is 1. The molecular weight excluding hydrogens is 216 g/mol. The first-order valence-corrected chi connectivity index (χ1v) is 6.99. The van der Waals surface area contributed by atoms with Crippen molar-refractivity contribution >= 4 is 6.03 Å². The van der Waals surface area contributed by atoms with Gasteiger partial charge >= 0.3 is 6.03 Å². The molecule has 0 saturated carbocycles. The molecule has 0 aromatic rings. The minimum absolute atomic E-state index is 0.189. The van der Waals surface area contributed by atoms with Gasteiger partial charge in [-0.2, -0.15) is 0 Å². The summed E-state index contributed by atoms with van der Waals surface area (Å²) < 4.78 is 0. The third kappa shape index (κ3) is 3.12. The van der Waals surface area contributed by atoms with Crippen molar-refractivity contribution in [2.45, 2.75) is 51.0 Å². The van der Waals surface area contributed by atoms with Crippen LogP contribution in [0.15, 0.2) is 0 Å². The summed E-state index contributed by atoms with van der Waals surface area (Å²) in [7, 11) is 0. The monoisotopic (exact) mass is 240 g/mol. The van der Waals surface area contributed by atoms with Crippen molar-refractivity contribution in [2.75, 3.05) is 26.2 Å². The lowest BCUT2D eigenvalue weighted by Gasteiger charge is -2.40.